The summed E-state index contributed by atoms with van der Waals surface area (Å²) in [6.45, 7) is 6.83. The fourth-order valence-electron chi connectivity index (χ4n) is 2.95. The average Bonchev–Trinajstić information content (AvgIpc) is 2.71. The van der Waals surface area contributed by atoms with Crippen molar-refractivity contribution in [3.63, 3.8) is 0 Å². The molecule has 0 unspecified atom stereocenters. The number of hydrogen-bond donors (Lipinski definition) is 2. The molecule has 0 radical (unpaired) electrons. The topological polar surface area (TPSA) is 122 Å². The molecule has 8 nitrogen and oxygen atoms in total. The van der Waals surface area contributed by atoms with Crippen molar-refractivity contribution in [1.82, 2.24) is 5.32 Å². The summed E-state index contributed by atoms with van der Waals surface area (Å²) in [5.74, 6) is -1.14. The number of thiocarbonyl (C=S) groups is 1. The number of carbonyl (C=O) groups is 2. The smallest absolute Gasteiger partial charge is 0.322 e. The Labute approximate surface area is 199 Å². The zero-order chi connectivity index (χ0) is 24.8. The molecule has 2 N–H and O–H groups in total. The maximum atomic E-state index is 12.2. The molecule has 10 heteroatoms. The molecule has 33 heavy (non-hydrogen) atoms. The third-order valence-corrected chi connectivity index (χ3v) is 5.21. The molecule has 0 bridgehead atoms. The predicted octanol–water partition coefficient (Wildman–Crippen LogP) is 4.30. The van der Waals surface area contributed by atoms with Gasteiger partial charge in [-0.05, 0) is 62.6 Å². The quantitative estimate of drug-likeness (QED) is 0.319. The number of hydrogen-bond acceptors (Lipinski definition) is 7. The summed E-state index contributed by atoms with van der Waals surface area (Å²) in [7, 11) is -2.72. The molecule has 0 aliphatic rings. The monoisotopic (exact) mass is 490 g/mol. The normalized spacial score (nSPS) is 10.9. The fraction of sp³-hybridized carbons (Fsp3) is 0.348. The van der Waals surface area contributed by atoms with Gasteiger partial charge in [-0.3, -0.25) is 9.59 Å². The van der Waals surface area contributed by atoms with Crippen molar-refractivity contribution in [1.29, 1.82) is 0 Å². The number of nitrogens with zero attached hydrogens (tertiary/aromatic N) is 1. The lowest BCUT2D eigenvalue weighted by atomic mass is 9.94. The highest BCUT2D eigenvalue weighted by molar-refractivity contribution is 7.80. The van der Waals surface area contributed by atoms with Crippen LogP contribution in [0.15, 0.2) is 40.8 Å². The van der Waals surface area contributed by atoms with Crippen LogP contribution in [0, 0.1) is 5.41 Å². The van der Waals surface area contributed by atoms with E-state index in [-0.39, 0.29) is 10.7 Å². The number of carbonyl (C=O) groups excluding carboxylic acids is 1. The Morgan fingerprint density at radius 1 is 1.15 bits per heavy atom. The van der Waals surface area contributed by atoms with Crippen LogP contribution in [-0.2, 0) is 26.5 Å². The molecule has 0 saturated heterocycles. The van der Waals surface area contributed by atoms with Crippen molar-refractivity contribution in [3.8, 4) is 16.9 Å². The fourth-order valence-corrected chi connectivity index (χ4v) is 3.49. The minimum atomic E-state index is -2.72. The lowest BCUT2D eigenvalue weighted by Gasteiger charge is -2.18. The number of nitrogens with one attached hydrogen (secondary N) is 1. The third-order valence-electron chi connectivity index (χ3n) is 4.50. The number of ether oxygens (including phenoxy) is 1. The first kappa shape index (κ1) is 26.1. The molecule has 0 fully saturated rings. The van der Waals surface area contributed by atoms with Crippen LogP contribution in [-0.4, -0.2) is 37.0 Å². The van der Waals surface area contributed by atoms with Gasteiger partial charge in [0.1, 0.15) is 17.3 Å². The summed E-state index contributed by atoms with van der Waals surface area (Å²) in [6, 6.07) is 9.98. The summed E-state index contributed by atoms with van der Waals surface area (Å²) in [6.07, 6.45) is 1.46. The van der Waals surface area contributed by atoms with Crippen LogP contribution in [0.3, 0.4) is 0 Å². The van der Waals surface area contributed by atoms with Gasteiger partial charge in [0.2, 0.25) is 0 Å². The minimum absolute atomic E-state index is 0.154. The zero-order valence-electron chi connectivity index (χ0n) is 18.8. The molecule has 0 aliphatic heterocycles. The highest BCUT2D eigenvalue weighted by Gasteiger charge is 2.24. The molecule has 0 atom stereocenters. The molecule has 2 aromatic carbocycles. The molecule has 0 amide bonds. The number of carboxylic acid groups (broad SMARTS) is 1. The highest BCUT2D eigenvalue weighted by Crippen LogP contribution is 2.37. The van der Waals surface area contributed by atoms with Crippen molar-refractivity contribution in [3.05, 3.63) is 47.5 Å². The van der Waals surface area contributed by atoms with E-state index in [1.807, 2.05) is 6.92 Å². The Morgan fingerprint density at radius 3 is 2.30 bits per heavy atom. The second-order valence-corrected chi connectivity index (χ2v) is 9.36. The molecule has 2 rings (SSSR count). The molecule has 0 heterocycles. The van der Waals surface area contributed by atoms with E-state index in [4.69, 9.17) is 22.1 Å². The molecule has 2 aromatic rings. The Hall–Kier alpha value is -3.11. The highest BCUT2D eigenvalue weighted by atomic mass is 32.2. The van der Waals surface area contributed by atoms with Crippen LogP contribution in [0.5, 0.6) is 5.75 Å². The summed E-state index contributed by atoms with van der Waals surface area (Å²) in [4.78, 5) is 23.3. The van der Waals surface area contributed by atoms with E-state index < -0.39 is 34.4 Å². The summed E-state index contributed by atoms with van der Waals surface area (Å²) < 4.78 is 32.0. The second-order valence-electron chi connectivity index (χ2n) is 8.34. The van der Waals surface area contributed by atoms with Gasteiger partial charge in [0.25, 0.3) is 0 Å². The lowest BCUT2D eigenvalue weighted by Crippen LogP contribution is -2.29. The number of carboxylic acids is 1. The van der Waals surface area contributed by atoms with Gasteiger partial charge in [0.15, 0.2) is 0 Å². The lowest BCUT2D eigenvalue weighted by molar-refractivity contribution is -0.143. The van der Waals surface area contributed by atoms with Gasteiger partial charge in [0, 0.05) is 11.1 Å². The Balaban J connectivity index is 2.63. The van der Waals surface area contributed by atoms with Crippen LogP contribution in [0.2, 0.25) is 0 Å². The van der Waals surface area contributed by atoms with Crippen molar-refractivity contribution < 1.29 is 27.9 Å². The zero-order valence-corrected chi connectivity index (χ0v) is 20.5. The van der Waals surface area contributed by atoms with E-state index in [1.165, 1.54) is 0 Å². The van der Waals surface area contributed by atoms with Gasteiger partial charge >= 0.3 is 22.4 Å². The van der Waals surface area contributed by atoms with Crippen molar-refractivity contribution in [2.24, 2.45) is 9.78 Å². The second kappa shape index (κ2) is 11.2. The van der Waals surface area contributed by atoms with E-state index >= 15 is 0 Å². The Morgan fingerprint density at radius 2 is 1.79 bits per heavy atom. The largest absolute Gasteiger partial charge is 0.480 e. The van der Waals surface area contributed by atoms with E-state index in [0.29, 0.717) is 28.9 Å². The average molecular weight is 491 g/mol. The summed E-state index contributed by atoms with van der Waals surface area (Å²) >= 11 is 5.43. The van der Waals surface area contributed by atoms with Crippen molar-refractivity contribution in [2.75, 3.05) is 6.54 Å². The maximum Gasteiger partial charge on any atom is 0.322 e. The Bertz CT molecular complexity index is 1190. The van der Waals surface area contributed by atoms with E-state index in [9.17, 15) is 18.0 Å². The van der Waals surface area contributed by atoms with Gasteiger partial charge < -0.3 is 15.2 Å². The van der Waals surface area contributed by atoms with Crippen LogP contribution >= 0.6 is 12.2 Å². The predicted molar refractivity (Wildman–Crippen MR) is 129 cm³/mol. The minimum Gasteiger partial charge on any atom is -0.480 e. The number of benzene rings is 2. The molecule has 0 saturated carbocycles. The van der Waals surface area contributed by atoms with E-state index in [0.717, 1.165) is 12.0 Å². The first-order chi connectivity index (χ1) is 15.4. The van der Waals surface area contributed by atoms with Crippen molar-refractivity contribution in [2.45, 2.75) is 40.5 Å². The van der Waals surface area contributed by atoms with Gasteiger partial charge in [-0.15, -0.1) is 4.36 Å². The van der Waals surface area contributed by atoms with Crippen LogP contribution in [0.25, 0.3) is 11.1 Å². The first-order valence-corrected chi connectivity index (χ1v) is 11.7. The number of esters is 1. The summed E-state index contributed by atoms with van der Waals surface area (Å²) in [5.41, 5.74) is 1.79. The van der Waals surface area contributed by atoms with E-state index in [1.54, 1.807) is 57.2 Å². The van der Waals surface area contributed by atoms with Gasteiger partial charge in [-0.25, -0.2) is 0 Å². The van der Waals surface area contributed by atoms with Gasteiger partial charge in [-0.1, -0.05) is 37.7 Å². The molecule has 0 aliphatic carbocycles. The van der Waals surface area contributed by atoms with Gasteiger partial charge in [-0.2, -0.15) is 8.42 Å². The van der Waals surface area contributed by atoms with Crippen molar-refractivity contribution >= 4 is 45.3 Å². The third kappa shape index (κ3) is 7.47. The SMILES string of the molecule is CCCc1cc(N=S(=O)=O)c(-c2ccc(OC(=O)C(C)(C)C)cc2)c(C(=S)NCC(=O)O)c1. The van der Waals surface area contributed by atoms with Crippen LogP contribution in [0.4, 0.5) is 5.69 Å². The summed E-state index contributed by atoms with van der Waals surface area (Å²) in [5, 5.41) is 11.7. The molecule has 176 valence electrons. The van der Waals surface area contributed by atoms with Crippen LogP contribution < -0.4 is 10.1 Å². The Kier molecular flexibility index (Phi) is 8.84. The van der Waals surface area contributed by atoms with Crippen LogP contribution in [0.1, 0.15) is 45.2 Å². The van der Waals surface area contributed by atoms with E-state index in [2.05, 4.69) is 9.68 Å². The number of rotatable bonds is 8. The number of aliphatic carboxylic acids is 1. The first-order valence-electron chi connectivity index (χ1n) is 10.2. The molecule has 0 spiro atoms. The van der Waals surface area contributed by atoms with Gasteiger partial charge in [0.05, 0.1) is 11.1 Å². The molecular weight excluding hydrogens is 464 g/mol. The number of aryl methyl sites for hydroxylation is 1. The molecular formula is C23H26N2O6S2. The molecule has 0 aromatic heterocycles. The maximum absolute atomic E-state index is 12.2. The standard InChI is InChI=1S/C23H26N2O6S2/c1-5-6-14-11-17(21(32)24-13-19(26)27)20(18(12-14)25-33(29)30)15-7-9-16(10-8-15)31-22(28)23(2,3)4/h7-12H,5-6,13H2,1-4H3,(H,24,32)(H,26,27).